The van der Waals surface area contributed by atoms with Crippen molar-refractivity contribution in [2.24, 2.45) is 5.73 Å². The van der Waals surface area contributed by atoms with Gasteiger partial charge in [-0.25, -0.2) is 4.79 Å². The van der Waals surface area contributed by atoms with Crippen LogP contribution in [0.3, 0.4) is 0 Å². The molecule has 1 aromatic carbocycles. The van der Waals surface area contributed by atoms with Crippen LogP contribution in [-0.2, 0) is 11.3 Å². The minimum Gasteiger partial charge on any atom is -0.477 e. The fourth-order valence-electron chi connectivity index (χ4n) is 2.27. The van der Waals surface area contributed by atoms with Gasteiger partial charge in [0, 0.05) is 23.2 Å². The number of thiophene rings is 1. The van der Waals surface area contributed by atoms with Crippen LogP contribution in [0, 0.1) is 0 Å². The average Bonchev–Trinajstić information content (AvgIpc) is 2.74. The summed E-state index contributed by atoms with van der Waals surface area (Å²) in [5.74, 6) is -1.32. The van der Waals surface area contributed by atoms with E-state index in [-0.39, 0.29) is 12.3 Å². The van der Waals surface area contributed by atoms with Crippen LogP contribution in [0.25, 0.3) is 10.1 Å². The Hall–Kier alpha value is -1.92. The largest absolute Gasteiger partial charge is 0.477 e. The maximum absolute atomic E-state index is 11.4. The first-order chi connectivity index (χ1) is 9.80. The van der Waals surface area contributed by atoms with Gasteiger partial charge in [-0.2, -0.15) is 0 Å². The number of hydrogen-bond acceptors (Lipinski definition) is 4. The molecule has 4 N–H and O–H groups in total. The number of hydrogen-bond donors (Lipinski definition) is 3. The number of carbonyl (C=O) groups excluding carboxylic acids is 1. The lowest BCUT2D eigenvalue weighted by molar-refractivity contribution is -0.119. The lowest BCUT2D eigenvalue weighted by atomic mass is 9.99. The molecule has 1 aromatic heterocycles. The van der Waals surface area contributed by atoms with E-state index in [9.17, 15) is 14.7 Å². The Kier molecular flexibility index (Phi) is 4.29. The summed E-state index contributed by atoms with van der Waals surface area (Å²) in [6, 6.07) is 7.60. The Morgan fingerprint density at radius 1 is 1.33 bits per heavy atom. The highest BCUT2D eigenvalue weighted by atomic mass is 32.1. The van der Waals surface area contributed by atoms with Crippen LogP contribution >= 0.6 is 11.3 Å². The van der Waals surface area contributed by atoms with Gasteiger partial charge in [0.2, 0.25) is 5.91 Å². The number of primary amides is 1. The van der Waals surface area contributed by atoms with Crippen LogP contribution < -0.4 is 11.1 Å². The van der Waals surface area contributed by atoms with Gasteiger partial charge < -0.3 is 16.2 Å². The highest BCUT2D eigenvalue weighted by Crippen LogP contribution is 2.31. The highest BCUT2D eigenvalue weighted by Gasteiger charge is 2.23. The zero-order valence-electron chi connectivity index (χ0n) is 12.0. The smallest absolute Gasteiger partial charge is 0.346 e. The van der Waals surface area contributed by atoms with Gasteiger partial charge in [0.05, 0.1) is 0 Å². The predicted molar refractivity (Wildman–Crippen MR) is 83.5 cm³/mol. The molecule has 6 heteroatoms. The summed E-state index contributed by atoms with van der Waals surface area (Å²) in [6.07, 6.45) is 0.192. The van der Waals surface area contributed by atoms with Gasteiger partial charge >= 0.3 is 5.97 Å². The lowest BCUT2D eigenvalue weighted by Crippen LogP contribution is -2.42. The van der Waals surface area contributed by atoms with Crippen molar-refractivity contribution >= 4 is 33.3 Å². The quantitative estimate of drug-likeness (QED) is 0.763. The number of carboxylic acid groups (broad SMARTS) is 1. The standard InChI is InChI=1S/C15H18N2O3S/c1-15(2,7-12(16)18)17-8-10-9-5-3-4-6-11(9)21-13(10)14(19)20/h3-6,17H,7-8H2,1-2H3,(H2,16,18)(H,19,20). The van der Waals surface area contributed by atoms with Crippen molar-refractivity contribution < 1.29 is 14.7 Å². The number of carbonyl (C=O) groups is 2. The Bertz CT molecular complexity index is 691. The molecule has 1 heterocycles. The Morgan fingerprint density at radius 3 is 2.62 bits per heavy atom. The maximum Gasteiger partial charge on any atom is 0.346 e. The predicted octanol–water partition coefficient (Wildman–Crippen LogP) is 2.34. The molecule has 112 valence electrons. The molecule has 5 nitrogen and oxygen atoms in total. The molecule has 0 atom stereocenters. The first kappa shape index (κ1) is 15.5. The van der Waals surface area contributed by atoms with Crippen LogP contribution in [0.1, 0.15) is 35.5 Å². The molecule has 0 aliphatic carbocycles. The molecular formula is C15H18N2O3S. The van der Waals surface area contributed by atoms with Crippen molar-refractivity contribution in [2.75, 3.05) is 0 Å². The number of fused-ring (bicyclic) bond motifs is 1. The van der Waals surface area contributed by atoms with E-state index in [2.05, 4.69) is 5.32 Å². The van der Waals surface area contributed by atoms with Crippen LogP contribution in [-0.4, -0.2) is 22.5 Å². The fourth-order valence-corrected chi connectivity index (χ4v) is 3.33. The van der Waals surface area contributed by atoms with Gasteiger partial charge in [0.1, 0.15) is 4.88 Å². The van der Waals surface area contributed by atoms with Crippen molar-refractivity contribution in [1.29, 1.82) is 0 Å². The highest BCUT2D eigenvalue weighted by molar-refractivity contribution is 7.21. The van der Waals surface area contributed by atoms with E-state index in [0.29, 0.717) is 11.4 Å². The van der Waals surface area contributed by atoms with Crippen molar-refractivity contribution in [2.45, 2.75) is 32.4 Å². The molecule has 21 heavy (non-hydrogen) atoms. The van der Waals surface area contributed by atoms with Gasteiger partial charge in [0.25, 0.3) is 0 Å². The van der Waals surface area contributed by atoms with Gasteiger partial charge in [-0.05, 0) is 30.9 Å². The lowest BCUT2D eigenvalue weighted by Gasteiger charge is -2.25. The Labute approximate surface area is 126 Å². The van der Waals surface area contributed by atoms with Gasteiger partial charge in [-0.15, -0.1) is 11.3 Å². The zero-order chi connectivity index (χ0) is 15.6. The average molecular weight is 306 g/mol. The van der Waals surface area contributed by atoms with Crippen molar-refractivity contribution in [3.63, 3.8) is 0 Å². The molecule has 0 aliphatic heterocycles. The van der Waals surface area contributed by atoms with E-state index >= 15 is 0 Å². The van der Waals surface area contributed by atoms with E-state index in [1.54, 1.807) is 0 Å². The minimum absolute atomic E-state index is 0.192. The van der Waals surface area contributed by atoms with E-state index in [0.717, 1.165) is 15.6 Å². The second kappa shape index (κ2) is 5.83. The molecule has 0 bridgehead atoms. The number of nitrogens with one attached hydrogen (secondary N) is 1. The SMILES string of the molecule is CC(C)(CC(N)=O)NCc1c(C(=O)O)sc2ccccc12. The molecule has 0 saturated carbocycles. The van der Waals surface area contributed by atoms with Crippen molar-refractivity contribution in [3.05, 3.63) is 34.7 Å². The molecule has 0 aliphatic rings. The molecule has 0 radical (unpaired) electrons. The first-order valence-electron chi connectivity index (χ1n) is 6.57. The van der Waals surface area contributed by atoms with Crippen molar-refractivity contribution in [3.8, 4) is 0 Å². The maximum atomic E-state index is 11.4. The van der Waals surface area contributed by atoms with E-state index in [1.165, 1.54) is 11.3 Å². The monoisotopic (exact) mass is 306 g/mol. The summed E-state index contributed by atoms with van der Waals surface area (Å²) in [7, 11) is 0. The topological polar surface area (TPSA) is 92.4 Å². The van der Waals surface area contributed by atoms with Crippen LogP contribution in [0.4, 0.5) is 0 Å². The van der Waals surface area contributed by atoms with E-state index < -0.39 is 11.5 Å². The summed E-state index contributed by atoms with van der Waals surface area (Å²) in [4.78, 5) is 22.8. The molecule has 1 amide bonds. The Morgan fingerprint density at radius 2 is 2.00 bits per heavy atom. The van der Waals surface area contributed by atoms with Crippen LogP contribution in [0.15, 0.2) is 24.3 Å². The molecule has 0 spiro atoms. The molecule has 2 rings (SSSR count). The van der Waals surface area contributed by atoms with Crippen molar-refractivity contribution in [1.82, 2.24) is 5.32 Å². The number of amides is 1. The van der Waals surface area contributed by atoms with Gasteiger partial charge in [-0.3, -0.25) is 4.79 Å². The second-order valence-electron chi connectivity index (χ2n) is 5.59. The summed E-state index contributed by atoms with van der Waals surface area (Å²) in [5, 5.41) is 13.5. The van der Waals surface area contributed by atoms with Crippen LogP contribution in [0.5, 0.6) is 0 Å². The number of aromatic carboxylic acids is 1. The summed E-state index contributed by atoms with van der Waals surface area (Å²) < 4.78 is 0.944. The number of benzene rings is 1. The second-order valence-corrected chi connectivity index (χ2v) is 6.64. The Balaban J connectivity index is 2.31. The third-order valence-corrected chi connectivity index (χ3v) is 4.45. The fraction of sp³-hybridized carbons (Fsp3) is 0.333. The molecule has 0 fully saturated rings. The normalized spacial score (nSPS) is 11.7. The first-order valence-corrected chi connectivity index (χ1v) is 7.39. The third-order valence-electron chi connectivity index (χ3n) is 3.25. The number of nitrogens with two attached hydrogens (primary N) is 1. The zero-order valence-corrected chi connectivity index (χ0v) is 12.8. The van der Waals surface area contributed by atoms with E-state index in [4.69, 9.17) is 5.73 Å². The molecule has 2 aromatic rings. The third kappa shape index (κ3) is 3.59. The summed E-state index contributed by atoms with van der Waals surface area (Å²) in [6.45, 7) is 4.12. The van der Waals surface area contributed by atoms with Crippen LogP contribution in [0.2, 0.25) is 0 Å². The molecule has 0 saturated heterocycles. The molecular weight excluding hydrogens is 288 g/mol. The molecule has 0 unspecified atom stereocenters. The van der Waals surface area contributed by atoms with Gasteiger partial charge in [-0.1, -0.05) is 18.2 Å². The minimum atomic E-state index is -0.930. The number of carboxylic acids is 1. The number of rotatable bonds is 6. The van der Waals surface area contributed by atoms with E-state index in [1.807, 2.05) is 38.1 Å². The summed E-state index contributed by atoms with van der Waals surface area (Å²) in [5.41, 5.74) is 5.49. The summed E-state index contributed by atoms with van der Waals surface area (Å²) >= 11 is 1.27. The van der Waals surface area contributed by atoms with Gasteiger partial charge in [0.15, 0.2) is 0 Å².